The summed E-state index contributed by atoms with van der Waals surface area (Å²) in [7, 11) is 0. The second-order valence-electron chi connectivity index (χ2n) is 5.42. The van der Waals surface area contributed by atoms with Crippen LogP contribution in [0.15, 0.2) is 94.2 Å². The molecule has 0 unspecified atom stereocenters. The van der Waals surface area contributed by atoms with Crippen LogP contribution in [0, 0.1) is 0 Å². The molecule has 0 amide bonds. The molecule has 4 aromatic rings. The predicted molar refractivity (Wildman–Crippen MR) is 97.7 cm³/mol. The Morgan fingerprint density at radius 3 is 2.35 bits per heavy atom. The van der Waals surface area contributed by atoms with Crippen LogP contribution in [0.5, 0.6) is 0 Å². The van der Waals surface area contributed by atoms with Crippen LogP contribution in [-0.4, -0.2) is 0 Å². The van der Waals surface area contributed by atoms with E-state index in [4.69, 9.17) is 4.42 Å². The Labute approximate surface area is 140 Å². The van der Waals surface area contributed by atoms with E-state index >= 15 is 0 Å². The van der Waals surface area contributed by atoms with Crippen LogP contribution in [-0.2, 0) is 5.75 Å². The lowest BCUT2D eigenvalue weighted by Crippen LogP contribution is -1.83. The summed E-state index contributed by atoms with van der Waals surface area (Å²) in [4.78, 5) is 1.25. The van der Waals surface area contributed by atoms with Gasteiger partial charge in [0.25, 0.3) is 0 Å². The largest absolute Gasteiger partial charge is 0.456 e. The van der Waals surface area contributed by atoms with Gasteiger partial charge in [0.1, 0.15) is 11.3 Å². The molecule has 1 aromatic heterocycles. The Hall–Kier alpha value is -2.45. The first kappa shape index (κ1) is 14.2. The van der Waals surface area contributed by atoms with Crippen LogP contribution in [0.4, 0.5) is 0 Å². The quantitative estimate of drug-likeness (QED) is 0.404. The summed E-state index contributed by atoms with van der Waals surface area (Å²) in [5.41, 5.74) is 3.42. The minimum Gasteiger partial charge on any atom is -0.456 e. The lowest BCUT2D eigenvalue weighted by Gasteiger charge is -2.07. The van der Waals surface area contributed by atoms with Crippen molar-refractivity contribution in [2.24, 2.45) is 0 Å². The average molecular weight is 316 g/mol. The van der Waals surface area contributed by atoms with Crippen molar-refractivity contribution in [3.8, 4) is 11.3 Å². The first-order valence-electron chi connectivity index (χ1n) is 7.65. The molecule has 0 spiro atoms. The number of thioether (sulfide) groups is 1. The molecule has 0 radical (unpaired) electrons. The van der Waals surface area contributed by atoms with Crippen LogP contribution >= 0.6 is 11.8 Å². The highest BCUT2D eigenvalue weighted by atomic mass is 32.2. The van der Waals surface area contributed by atoms with E-state index in [1.165, 1.54) is 10.5 Å². The normalized spacial score (nSPS) is 11.0. The molecular formula is C21H16OS. The minimum absolute atomic E-state index is 0.933. The van der Waals surface area contributed by atoms with Gasteiger partial charge in [0, 0.05) is 21.6 Å². The van der Waals surface area contributed by atoms with Crippen molar-refractivity contribution in [1.29, 1.82) is 0 Å². The monoisotopic (exact) mass is 316 g/mol. The molecule has 0 bridgehead atoms. The molecule has 2 heteroatoms. The van der Waals surface area contributed by atoms with E-state index in [0.717, 1.165) is 28.0 Å². The van der Waals surface area contributed by atoms with Crippen LogP contribution in [0.3, 0.4) is 0 Å². The van der Waals surface area contributed by atoms with E-state index in [0.29, 0.717) is 0 Å². The van der Waals surface area contributed by atoms with Crippen molar-refractivity contribution in [3.05, 3.63) is 90.5 Å². The van der Waals surface area contributed by atoms with Gasteiger partial charge < -0.3 is 4.42 Å². The van der Waals surface area contributed by atoms with Gasteiger partial charge in [0.2, 0.25) is 0 Å². The molecular weight excluding hydrogens is 300 g/mol. The molecule has 0 N–H and O–H groups in total. The van der Waals surface area contributed by atoms with Crippen LogP contribution < -0.4 is 0 Å². The minimum atomic E-state index is 0.933. The van der Waals surface area contributed by atoms with Gasteiger partial charge in [-0.15, -0.1) is 11.8 Å². The maximum absolute atomic E-state index is 6.03. The fourth-order valence-corrected chi connectivity index (χ4v) is 3.66. The molecule has 0 aliphatic carbocycles. The summed E-state index contributed by atoms with van der Waals surface area (Å²) in [6.07, 6.45) is 0. The van der Waals surface area contributed by atoms with E-state index in [1.54, 1.807) is 0 Å². The summed E-state index contributed by atoms with van der Waals surface area (Å²) < 4.78 is 6.03. The van der Waals surface area contributed by atoms with Gasteiger partial charge in [0.15, 0.2) is 0 Å². The maximum atomic E-state index is 6.03. The summed E-state index contributed by atoms with van der Waals surface area (Å²) in [5, 5.41) is 1.14. The summed E-state index contributed by atoms with van der Waals surface area (Å²) >= 11 is 1.84. The molecule has 23 heavy (non-hydrogen) atoms. The van der Waals surface area contributed by atoms with Gasteiger partial charge in [-0.1, -0.05) is 66.7 Å². The Balaban J connectivity index is 1.66. The summed E-state index contributed by atoms with van der Waals surface area (Å²) in [5.74, 6) is 1.89. The fraction of sp³-hybridized carbons (Fsp3) is 0.0476. The molecule has 1 heterocycles. The van der Waals surface area contributed by atoms with Gasteiger partial charge in [-0.25, -0.2) is 0 Å². The van der Waals surface area contributed by atoms with Gasteiger partial charge in [-0.2, -0.15) is 0 Å². The molecule has 112 valence electrons. The lowest BCUT2D eigenvalue weighted by molar-refractivity contribution is 0.630. The zero-order chi connectivity index (χ0) is 15.5. The highest BCUT2D eigenvalue weighted by molar-refractivity contribution is 7.98. The molecule has 1 nitrogen and oxygen atoms in total. The molecule has 0 aliphatic heterocycles. The highest BCUT2D eigenvalue weighted by Gasteiger charge is 2.10. The van der Waals surface area contributed by atoms with E-state index < -0.39 is 0 Å². The van der Waals surface area contributed by atoms with E-state index in [1.807, 2.05) is 30.0 Å². The second-order valence-corrected chi connectivity index (χ2v) is 6.44. The molecule has 3 aromatic carbocycles. The third kappa shape index (κ3) is 3.03. The van der Waals surface area contributed by atoms with Crippen LogP contribution in [0.25, 0.3) is 22.3 Å². The van der Waals surface area contributed by atoms with Crippen molar-refractivity contribution in [2.75, 3.05) is 0 Å². The first-order valence-corrected chi connectivity index (χ1v) is 8.63. The Bertz CT molecular complexity index is 892. The first-order chi connectivity index (χ1) is 11.4. The van der Waals surface area contributed by atoms with Crippen molar-refractivity contribution >= 4 is 22.7 Å². The maximum Gasteiger partial charge on any atom is 0.136 e. The molecule has 0 fully saturated rings. The van der Waals surface area contributed by atoms with Gasteiger partial charge >= 0.3 is 0 Å². The molecule has 4 rings (SSSR count). The Kier molecular flexibility index (Phi) is 3.91. The number of benzene rings is 3. The average Bonchev–Trinajstić information content (AvgIpc) is 3.05. The number of furan rings is 1. The number of hydrogen-bond acceptors (Lipinski definition) is 2. The van der Waals surface area contributed by atoms with E-state index in [9.17, 15) is 0 Å². The Morgan fingerprint density at radius 1 is 0.739 bits per heavy atom. The number of para-hydroxylation sites is 1. The van der Waals surface area contributed by atoms with E-state index in [-0.39, 0.29) is 0 Å². The molecule has 0 saturated carbocycles. The standard InChI is InChI=1S/C21H16OS/c1-2-8-16(9-3-1)15-23-21-13-7-5-11-18(21)20-14-17-10-4-6-12-19(17)22-20/h1-14H,15H2. The third-order valence-corrected chi connectivity index (χ3v) is 4.96. The third-order valence-electron chi connectivity index (χ3n) is 3.82. The number of hydrogen-bond donors (Lipinski definition) is 0. The zero-order valence-electron chi connectivity index (χ0n) is 12.6. The fourth-order valence-electron chi connectivity index (χ4n) is 2.65. The van der Waals surface area contributed by atoms with Crippen LogP contribution in [0.2, 0.25) is 0 Å². The lowest BCUT2D eigenvalue weighted by atomic mass is 10.1. The topological polar surface area (TPSA) is 13.1 Å². The van der Waals surface area contributed by atoms with Crippen LogP contribution in [0.1, 0.15) is 5.56 Å². The summed E-state index contributed by atoms with van der Waals surface area (Å²) in [6, 6.07) is 29.3. The smallest absolute Gasteiger partial charge is 0.136 e. The molecule has 0 aliphatic rings. The van der Waals surface area contributed by atoms with Gasteiger partial charge in [-0.3, -0.25) is 0 Å². The van der Waals surface area contributed by atoms with Crippen molar-refractivity contribution in [1.82, 2.24) is 0 Å². The highest BCUT2D eigenvalue weighted by Crippen LogP contribution is 2.35. The van der Waals surface area contributed by atoms with E-state index in [2.05, 4.69) is 66.7 Å². The second kappa shape index (κ2) is 6.35. The number of fused-ring (bicyclic) bond motifs is 1. The molecule has 0 atom stereocenters. The van der Waals surface area contributed by atoms with Crippen molar-refractivity contribution in [3.63, 3.8) is 0 Å². The zero-order valence-corrected chi connectivity index (χ0v) is 13.4. The predicted octanol–water partition coefficient (Wildman–Crippen LogP) is 6.39. The summed E-state index contributed by atoms with van der Waals surface area (Å²) in [6.45, 7) is 0. The molecule has 0 saturated heterocycles. The Morgan fingerprint density at radius 2 is 1.48 bits per heavy atom. The SMILES string of the molecule is c1ccc(CSc2ccccc2-c2cc3ccccc3o2)cc1. The van der Waals surface area contributed by atoms with Gasteiger partial charge in [0.05, 0.1) is 0 Å². The number of rotatable bonds is 4. The van der Waals surface area contributed by atoms with Crippen molar-refractivity contribution < 1.29 is 4.42 Å². The van der Waals surface area contributed by atoms with Gasteiger partial charge in [-0.05, 0) is 23.8 Å². The van der Waals surface area contributed by atoms with Crippen molar-refractivity contribution in [2.45, 2.75) is 10.6 Å².